The minimum Gasteiger partial charge on any atom is -0.490 e. The zero-order valence-corrected chi connectivity index (χ0v) is 16.6. The number of hydrogen-bond donors (Lipinski definition) is 1. The molecule has 0 spiro atoms. The number of sulfone groups is 1. The topological polar surface area (TPSA) is 87.4 Å². The van der Waals surface area contributed by atoms with Gasteiger partial charge in [-0.05, 0) is 49.2 Å². The van der Waals surface area contributed by atoms with Gasteiger partial charge in [0.1, 0.15) is 10.6 Å². The molecule has 0 aromatic heterocycles. The van der Waals surface area contributed by atoms with Crippen LogP contribution in [0.25, 0.3) is 0 Å². The Bertz CT molecular complexity index is 1120. The Hall–Kier alpha value is -2.21. The van der Waals surface area contributed by atoms with Crippen molar-refractivity contribution in [3.63, 3.8) is 0 Å². The molecule has 0 amide bonds. The maximum absolute atomic E-state index is 15.0. The van der Waals surface area contributed by atoms with Crippen molar-refractivity contribution < 1.29 is 27.0 Å². The van der Waals surface area contributed by atoms with Crippen LogP contribution in [-0.2, 0) is 14.6 Å². The van der Waals surface area contributed by atoms with Gasteiger partial charge < -0.3 is 9.84 Å². The SMILES string of the molecule is N#CC1[C@H](O)CC[C@@]2(S(=O)(=O)c3ccc(Cl)cc3)c3c(F)ccc(F)c3OC[C@@H]12. The summed E-state index contributed by atoms with van der Waals surface area (Å²) in [6.45, 7) is -0.338. The minimum absolute atomic E-state index is 0.0586. The number of nitrogens with zero attached hydrogens (tertiary/aromatic N) is 1. The maximum Gasteiger partial charge on any atom is 0.188 e. The molecule has 2 aliphatic rings. The number of nitriles is 1. The maximum atomic E-state index is 15.0. The van der Waals surface area contributed by atoms with Crippen LogP contribution >= 0.6 is 11.6 Å². The summed E-state index contributed by atoms with van der Waals surface area (Å²) in [6, 6.07) is 9.04. The number of halogens is 3. The average Bonchev–Trinajstić information content (AvgIpc) is 2.70. The highest BCUT2D eigenvalue weighted by molar-refractivity contribution is 7.92. The fraction of sp³-hybridized carbons (Fsp3) is 0.350. The summed E-state index contributed by atoms with van der Waals surface area (Å²) in [5.41, 5.74) is -0.421. The molecule has 1 aliphatic heterocycles. The smallest absolute Gasteiger partial charge is 0.188 e. The van der Waals surface area contributed by atoms with E-state index in [0.717, 1.165) is 12.1 Å². The lowest BCUT2D eigenvalue weighted by atomic mass is 9.66. The van der Waals surface area contributed by atoms with Gasteiger partial charge in [0, 0.05) is 10.9 Å². The Labute approximate surface area is 171 Å². The highest BCUT2D eigenvalue weighted by atomic mass is 35.5. The van der Waals surface area contributed by atoms with Gasteiger partial charge in [0.2, 0.25) is 0 Å². The second kappa shape index (κ2) is 6.94. The van der Waals surface area contributed by atoms with E-state index in [2.05, 4.69) is 0 Å². The molecule has 29 heavy (non-hydrogen) atoms. The molecular weight excluding hydrogens is 424 g/mol. The van der Waals surface area contributed by atoms with E-state index in [1.807, 2.05) is 6.07 Å². The Morgan fingerprint density at radius 3 is 2.48 bits per heavy atom. The Morgan fingerprint density at radius 1 is 1.17 bits per heavy atom. The summed E-state index contributed by atoms with van der Waals surface area (Å²) in [5, 5.41) is 20.2. The molecule has 1 fully saturated rings. The molecule has 1 N–H and O–H groups in total. The molecule has 1 saturated carbocycles. The third-order valence-corrected chi connectivity index (χ3v) is 8.72. The molecule has 9 heteroatoms. The van der Waals surface area contributed by atoms with Crippen molar-refractivity contribution in [1.29, 1.82) is 5.26 Å². The van der Waals surface area contributed by atoms with Crippen molar-refractivity contribution in [3.8, 4) is 11.8 Å². The van der Waals surface area contributed by atoms with Crippen LogP contribution in [0.1, 0.15) is 18.4 Å². The highest BCUT2D eigenvalue weighted by Gasteiger charge is 2.62. The van der Waals surface area contributed by atoms with Crippen molar-refractivity contribution in [3.05, 3.63) is 58.6 Å². The van der Waals surface area contributed by atoms with E-state index >= 15 is 4.39 Å². The molecular formula is C20H16ClF2NO4S. The number of rotatable bonds is 2. The fourth-order valence-electron chi connectivity index (χ4n) is 4.54. The summed E-state index contributed by atoms with van der Waals surface area (Å²) in [5.74, 6) is -4.49. The Morgan fingerprint density at radius 2 is 1.83 bits per heavy atom. The molecule has 152 valence electrons. The van der Waals surface area contributed by atoms with Crippen LogP contribution in [0.4, 0.5) is 8.78 Å². The molecule has 4 atom stereocenters. The van der Waals surface area contributed by atoms with Crippen molar-refractivity contribution in [2.45, 2.75) is 28.6 Å². The van der Waals surface area contributed by atoms with Crippen molar-refractivity contribution in [1.82, 2.24) is 0 Å². The Balaban J connectivity index is 2.06. The minimum atomic E-state index is -4.33. The number of ether oxygens (including phenoxy) is 1. The summed E-state index contributed by atoms with van der Waals surface area (Å²) in [6.07, 6.45) is -1.34. The molecule has 0 bridgehead atoms. The summed E-state index contributed by atoms with van der Waals surface area (Å²) >= 11 is 5.87. The van der Waals surface area contributed by atoms with Crippen LogP contribution in [0, 0.1) is 34.8 Å². The third-order valence-electron chi connectivity index (χ3n) is 5.90. The molecule has 0 radical (unpaired) electrons. The summed E-state index contributed by atoms with van der Waals surface area (Å²) in [7, 11) is -4.33. The van der Waals surface area contributed by atoms with Crippen LogP contribution in [0.5, 0.6) is 5.75 Å². The Kier molecular flexibility index (Phi) is 4.80. The van der Waals surface area contributed by atoms with E-state index in [0.29, 0.717) is 5.02 Å². The van der Waals surface area contributed by atoms with Crippen LogP contribution in [0.2, 0.25) is 5.02 Å². The molecule has 0 saturated heterocycles. The first-order valence-electron chi connectivity index (χ1n) is 8.93. The van der Waals surface area contributed by atoms with Crippen molar-refractivity contribution in [2.24, 2.45) is 11.8 Å². The number of aliphatic hydroxyl groups excluding tert-OH is 1. The molecule has 4 rings (SSSR count). The van der Waals surface area contributed by atoms with Crippen LogP contribution in [0.15, 0.2) is 41.3 Å². The van der Waals surface area contributed by atoms with Gasteiger partial charge in [-0.3, -0.25) is 0 Å². The quantitative estimate of drug-likeness (QED) is 0.772. The number of benzene rings is 2. The lowest BCUT2D eigenvalue weighted by Gasteiger charge is -2.50. The second-order valence-electron chi connectivity index (χ2n) is 7.26. The summed E-state index contributed by atoms with van der Waals surface area (Å²) < 4.78 is 60.7. The molecule has 2 aromatic rings. The van der Waals surface area contributed by atoms with Crippen LogP contribution < -0.4 is 4.74 Å². The zero-order chi connectivity index (χ0) is 21.0. The lowest BCUT2D eigenvalue weighted by Crippen LogP contribution is -2.57. The van der Waals surface area contributed by atoms with Gasteiger partial charge in [-0.25, -0.2) is 17.2 Å². The van der Waals surface area contributed by atoms with E-state index in [4.69, 9.17) is 16.3 Å². The van der Waals surface area contributed by atoms with Crippen molar-refractivity contribution in [2.75, 3.05) is 6.61 Å². The van der Waals surface area contributed by atoms with Gasteiger partial charge in [0.15, 0.2) is 21.4 Å². The summed E-state index contributed by atoms with van der Waals surface area (Å²) in [4.78, 5) is -0.128. The predicted octanol–water partition coefficient (Wildman–Crippen LogP) is 3.59. The van der Waals surface area contributed by atoms with Crippen LogP contribution in [-0.4, -0.2) is 26.2 Å². The molecule has 2 aromatic carbocycles. The normalized spacial score (nSPS) is 28.6. The molecule has 1 unspecified atom stereocenters. The van der Waals surface area contributed by atoms with E-state index in [1.165, 1.54) is 24.3 Å². The van der Waals surface area contributed by atoms with E-state index in [1.54, 1.807) is 0 Å². The number of fused-ring (bicyclic) bond motifs is 3. The van der Waals surface area contributed by atoms with E-state index in [-0.39, 0.29) is 24.3 Å². The molecule has 1 heterocycles. The van der Waals surface area contributed by atoms with Crippen LogP contribution in [0.3, 0.4) is 0 Å². The number of aliphatic hydroxyl groups is 1. The predicted molar refractivity (Wildman–Crippen MR) is 100 cm³/mol. The second-order valence-corrected chi connectivity index (χ2v) is 9.90. The first-order chi connectivity index (χ1) is 13.7. The number of hydrogen-bond acceptors (Lipinski definition) is 5. The lowest BCUT2D eigenvalue weighted by molar-refractivity contribution is 0.00443. The van der Waals surface area contributed by atoms with Gasteiger partial charge in [-0.2, -0.15) is 5.26 Å². The van der Waals surface area contributed by atoms with Gasteiger partial charge >= 0.3 is 0 Å². The van der Waals surface area contributed by atoms with Crippen molar-refractivity contribution >= 4 is 21.4 Å². The fourth-order valence-corrected chi connectivity index (χ4v) is 7.04. The van der Waals surface area contributed by atoms with Gasteiger partial charge in [0.05, 0.1) is 35.2 Å². The largest absolute Gasteiger partial charge is 0.490 e. The molecule has 1 aliphatic carbocycles. The molecule has 5 nitrogen and oxygen atoms in total. The van der Waals surface area contributed by atoms with Gasteiger partial charge in [-0.1, -0.05) is 11.6 Å². The van der Waals surface area contributed by atoms with E-state index < -0.39 is 55.5 Å². The monoisotopic (exact) mass is 439 g/mol. The van der Waals surface area contributed by atoms with E-state index in [9.17, 15) is 23.2 Å². The average molecular weight is 440 g/mol. The zero-order valence-electron chi connectivity index (χ0n) is 15.0. The standard InChI is InChI=1S/C20H16ClF2NO4S/c21-11-1-3-12(4-2-11)29(26,27)20-8-7-17(25)13(9-24)14(20)10-28-19-16(23)6-5-15(22)18(19)20/h1-6,13-14,17,25H,7-8,10H2/t13?,14-,17+,20-/m0/s1. The first kappa shape index (κ1) is 20.1. The highest BCUT2D eigenvalue weighted by Crippen LogP contribution is 2.57. The third kappa shape index (κ3) is 2.75. The first-order valence-corrected chi connectivity index (χ1v) is 10.8. The van der Waals surface area contributed by atoms with Gasteiger partial charge in [-0.15, -0.1) is 0 Å². The van der Waals surface area contributed by atoms with Gasteiger partial charge in [0.25, 0.3) is 0 Å².